The Hall–Kier alpha value is -2.14. The van der Waals surface area contributed by atoms with Crippen molar-refractivity contribution in [1.82, 2.24) is 0 Å². The smallest absolute Gasteiger partial charge is 0.312 e. The van der Waals surface area contributed by atoms with Gasteiger partial charge in [-0.05, 0) is 31.0 Å². The molecule has 0 saturated carbocycles. The second kappa shape index (κ2) is 5.45. The second-order valence-electron chi connectivity index (χ2n) is 6.60. The van der Waals surface area contributed by atoms with Gasteiger partial charge in [-0.25, -0.2) is 0 Å². The van der Waals surface area contributed by atoms with Crippen molar-refractivity contribution >= 4 is 17.6 Å². The van der Waals surface area contributed by atoms with Crippen molar-refractivity contribution in [3.05, 3.63) is 42.0 Å². The van der Waals surface area contributed by atoms with Crippen molar-refractivity contribution in [2.45, 2.75) is 32.0 Å². The Morgan fingerprint density at radius 2 is 2.08 bits per heavy atom. The molecule has 1 amide bonds. The van der Waals surface area contributed by atoms with E-state index < -0.39 is 17.4 Å². The number of carbonyl (C=O) groups is 2. The van der Waals surface area contributed by atoms with E-state index in [0.29, 0.717) is 13.2 Å². The summed E-state index contributed by atoms with van der Waals surface area (Å²) >= 11 is 0. The number of anilines is 1. The van der Waals surface area contributed by atoms with Crippen LogP contribution in [0.15, 0.2) is 36.4 Å². The fourth-order valence-corrected chi connectivity index (χ4v) is 4.14. The van der Waals surface area contributed by atoms with Crippen LogP contribution in [0.5, 0.6) is 0 Å². The Balaban J connectivity index is 1.65. The maximum Gasteiger partial charge on any atom is 0.312 e. The number of aryl methyl sites for hydroxylation is 1. The zero-order chi connectivity index (χ0) is 16.9. The first-order chi connectivity index (χ1) is 11.6. The SMILES string of the molecule is CCOC(=O)[C@H]1[C@H]2C(=O)N(c3ccc(CC)cc3)C[C@]23C=C[C@H]1O3. The maximum absolute atomic E-state index is 13.0. The molecule has 3 heterocycles. The molecule has 1 aromatic rings. The minimum atomic E-state index is -0.692. The molecule has 3 aliphatic heterocycles. The zero-order valence-electron chi connectivity index (χ0n) is 13.9. The van der Waals surface area contributed by atoms with Crippen LogP contribution in [0.4, 0.5) is 5.69 Å². The fourth-order valence-electron chi connectivity index (χ4n) is 4.14. The molecule has 0 unspecified atom stereocenters. The van der Waals surface area contributed by atoms with Gasteiger partial charge in [0.2, 0.25) is 5.91 Å². The molecular weight excluding hydrogens is 306 g/mol. The molecule has 2 bridgehead atoms. The highest BCUT2D eigenvalue weighted by Crippen LogP contribution is 2.52. The fraction of sp³-hybridized carbons (Fsp3) is 0.474. The van der Waals surface area contributed by atoms with Gasteiger partial charge in [0.15, 0.2) is 0 Å². The first-order valence-electron chi connectivity index (χ1n) is 8.54. The highest BCUT2D eigenvalue weighted by molar-refractivity contribution is 6.02. The van der Waals surface area contributed by atoms with E-state index in [-0.39, 0.29) is 18.0 Å². The number of nitrogens with zero attached hydrogens (tertiary/aromatic N) is 1. The van der Waals surface area contributed by atoms with Crippen molar-refractivity contribution in [2.24, 2.45) is 11.8 Å². The average Bonchev–Trinajstić information content (AvgIpc) is 3.23. The Morgan fingerprint density at radius 1 is 1.33 bits per heavy atom. The second-order valence-corrected chi connectivity index (χ2v) is 6.60. The van der Waals surface area contributed by atoms with Gasteiger partial charge in [0.25, 0.3) is 0 Å². The summed E-state index contributed by atoms with van der Waals surface area (Å²) in [7, 11) is 0. The minimum absolute atomic E-state index is 0.0517. The van der Waals surface area contributed by atoms with Crippen LogP contribution in [-0.4, -0.2) is 36.7 Å². The van der Waals surface area contributed by atoms with Crippen LogP contribution in [-0.2, 0) is 25.5 Å². The lowest BCUT2D eigenvalue weighted by molar-refractivity contribution is -0.151. The lowest BCUT2D eigenvalue weighted by Crippen LogP contribution is -2.40. The summed E-state index contributed by atoms with van der Waals surface area (Å²) in [5.74, 6) is -1.42. The van der Waals surface area contributed by atoms with Gasteiger partial charge in [0.05, 0.1) is 25.2 Å². The van der Waals surface area contributed by atoms with Crippen molar-refractivity contribution in [2.75, 3.05) is 18.1 Å². The van der Waals surface area contributed by atoms with Gasteiger partial charge in [-0.1, -0.05) is 31.2 Å². The topological polar surface area (TPSA) is 55.8 Å². The third-order valence-corrected chi connectivity index (χ3v) is 5.32. The molecule has 0 aliphatic carbocycles. The van der Waals surface area contributed by atoms with Crippen LogP contribution >= 0.6 is 0 Å². The summed E-state index contributed by atoms with van der Waals surface area (Å²) in [4.78, 5) is 27.1. The van der Waals surface area contributed by atoms with Crippen LogP contribution < -0.4 is 4.90 Å². The van der Waals surface area contributed by atoms with Gasteiger partial charge in [0, 0.05) is 5.69 Å². The van der Waals surface area contributed by atoms with Crippen molar-refractivity contribution in [3.8, 4) is 0 Å². The van der Waals surface area contributed by atoms with Gasteiger partial charge in [-0.2, -0.15) is 0 Å². The third kappa shape index (κ3) is 2.04. The lowest BCUT2D eigenvalue weighted by Gasteiger charge is -2.22. The molecule has 24 heavy (non-hydrogen) atoms. The standard InChI is InChI=1S/C19H21NO4/c1-3-12-5-7-13(8-6-12)20-11-19-10-9-14(24-19)15(16(19)17(20)21)18(22)23-4-2/h5-10,14-16H,3-4,11H2,1-2H3/t14-,15-,16+,19-/m1/s1. The molecule has 5 heteroatoms. The van der Waals surface area contributed by atoms with Crippen molar-refractivity contribution in [3.63, 3.8) is 0 Å². The number of hydrogen-bond donors (Lipinski definition) is 0. The Bertz CT molecular complexity index is 711. The molecule has 3 aliphatic rings. The number of fused-ring (bicyclic) bond motifs is 1. The van der Waals surface area contributed by atoms with E-state index in [4.69, 9.17) is 9.47 Å². The summed E-state index contributed by atoms with van der Waals surface area (Å²) in [6.45, 7) is 4.63. The van der Waals surface area contributed by atoms with Crippen LogP contribution in [0.2, 0.25) is 0 Å². The number of esters is 1. The highest BCUT2D eigenvalue weighted by Gasteiger charge is 2.67. The van der Waals surface area contributed by atoms with E-state index in [2.05, 4.69) is 6.92 Å². The predicted octanol–water partition coefficient (Wildman–Crippen LogP) is 2.10. The Kier molecular flexibility index (Phi) is 3.49. The number of carbonyl (C=O) groups excluding carboxylic acids is 2. The molecule has 4 rings (SSSR count). The number of ether oxygens (including phenoxy) is 2. The molecule has 1 spiro atoms. The van der Waals surface area contributed by atoms with Gasteiger partial charge >= 0.3 is 5.97 Å². The monoisotopic (exact) mass is 327 g/mol. The number of amides is 1. The van der Waals surface area contributed by atoms with Crippen molar-refractivity contribution < 1.29 is 19.1 Å². The van der Waals surface area contributed by atoms with E-state index in [1.165, 1.54) is 5.56 Å². The summed E-state index contributed by atoms with van der Waals surface area (Å²) in [5.41, 5.74) is 1.39. The van der Waals surface area contributed by atoms with Crippen LogP contribution in [0.25, 0.3) is 0 Å². The molecule has 4 atom stereocenters. The van der Waals surface area contributed by atoms with E-state index in [0.717, 1.165) is 12.1 Å². The van der Waals surface area contributed by atoms with E-state index in [9.17, 15) is 9.59 Å². The molecule has 1 aromatic carbocycles. The van der Waals surface area contributed by atoms with E-state index >= 15 is 0 Å². The molecule has 0 N–H and O–H groups in total. The average molecular weight is 327 g/mol. The van der Waals surface area contributed by atoms with Gasteiger partial charge in [-0.15, -0.1) is 0 Å². The predicted molar refractivity (Wildman–Crippen MR) is 88.5 cm³/mol. The molecule has 5 nitrogen and oxygen atoms in total. The summed E-state index contributed by atoms with van der Waals surface area (Å²) in [6.07, 6.45) is 4.47. The zero-order valence-corrected chi connectivity index (χ0v) is 13.9. The Morgan fingerprint density at radius 3 is 2.75 bits per heavy atom. The highest BCUT2D eigenvalue weighted by atomic mass is 16.6. The van der Waals surface area contributed by atoms with Crippen LogP contribution in [0.3, 0.4) is 0 Å². The van der Waals surface area contributed by atoms with E-state index in [1.807, 2.05) is 36.4 Å². The van der Waals surface area contributed by atoms with Crippen LogP contribution in [0, 0.1) is 11.8 Å². The maximum atomic E-state index is 13.0. The van der Waals surface area contributed by atoms with Crippen molar-refractivity contribution in [1.29, 1.82) is 0 Å². The molecular formula is C19H21NO4. The Labute approximate surface area is 141 Å². The summed E-state index contributed by atoms with van der Waals surface area (Å²) in [5, 5.41) is 0. The van der Waals surface area contributed by atoms with Crippen LogP contribution in [0.1, 0.15) is 19.4 Å². The van der Waals surface area contributed by atoms with Gasteiger partial charge in [0.1, 0.15) is 11.5 Å². The summed E-state index contributed by atoms with van der Waals surface area (Å²) < 4.78 is 11.2. The first kappa shape index (κ1) is 15.4. The normalized spacial score (nSPS) is 33.2. The largest absolute Gasteiger partial charge is 0.466 e. The first-order valence-corrected chi connectivity index (χ1v) is 8.54. The molecule has 0 aromatic heterocycles. The lowest BCUT2D eigenvalue weighted by atomic mass is 9.77. The number of hydrogen-bond acceptors (Lipinski definition) is 4. The molecule has 0 radical (unpaired) electrons. The number of benzene rings is 1. The number of rotatable bonds is 4. The third-order valence-electron chi connectivity index (χ3n) is 5.32. The molecule has 2 fully saturated rings. The minimum Gasteiger partial charge on any atom is -0.466 e. The van der Waals surface area contributed by atoms with Gasteiger partial charge < -0.3 is 14.4 Å². The van der Waals surface area contributed by atoms with Gasteiger partial charge in [-0.3, -0.25) is 9.59 Å². The summed E-state index contributed by atoms with van der Waals surface area (Å²) in [6, 6.07) is 7.99. The molecule has 2 saturated heterocycles. The van der Waals surface area contributed by atoms with E-state index in [1.54, 1.807) is 11.8 Å². The molecule has 126 valence electrons. The quantitative estimate of drug-likeness (QED) is 0.628.